The number of ether oxygens (including phenoxy) is 1. The van der Waals surface area contributed by atoms with Gasteiger partial charge in [-0.3, -0.25) is 0 Å². The largest absolute Gasteiger partial charge is 0.488 e. The molecule has 0 radical (unpaired) electrons. The van der Waals surface area contributed by atoms with Gasteiger partial charge >= 0.3 is 0 Å². The summed E-state index contributed by atoms with van der Waals surface area (Å²) < 4.78 is 6.03. The van der Waals surface area contributed by atoms with Gasteiger partial charge in [-0.15, -0.1) is 0 Å². The van der Waals surface area contributed by atoms with Crippen molar-refractivity contribution in [2.45, 2.75) is 18.9 Å². The lowest BCUT2D eigenvalue weighted by Gasteiger charge is -2.27. The second-order valence-electron chi connectivity index (χ2n) is 4.90. The highest BCUT2D eigenvalue weighted by Gasteiger charge is 2.23. The molecule has 1 aliphatic rings. The maximum atomic E-state index is 6.31. The highest BCUT2D eigenvalue weighted by Crippen LogP contribution is 2.43. The van der Waals surface area contributed by atoms with E-state index in [2.05, 4.69) is 6.07 Å². The van der Waals surface area contributed by atoms with Crippen LogP contribution in [0.3, 0.4) is 0 Å². The summed E-state index contributed by atoms with van der Waals surface area (Å²) in [6, 6.07) is 11.6. The Hall–Kier alpha value is -1.22. The van der Waals surface area contributed by atoms with E-state index in [1.807, 2.05) is 30.3 Å². The highest BCUT2D eigenvalue weighted by molar-refractivity contribution is 6.39. The van der Waals surface area contributed by atoms with E-state index >= 15 is 0 Å². The third-order valence-electron chi connectivity index (χ3n) is 3.61. The van der Waals surface area contributed by atoms with Gasteiger partial charge in [0.05, 0.1) is 10.0 Å². The average molecular weight is 308 g/mol. The van der Waals surface area contributed by atoms with Gasteiger partial charge in [0, 0.05) is 17.7 Å². The van der Waals surface area contributed by atoms with Gasteiger partial charge in [-0.2, -0.15) is 0 Å². The Labute approximate surface area is 128 Å². The molecule has 0 saturated heterocycles. The minimum atomic E-state index is 0.0601. The second kappa shape index (κ2) is 5.65. The Morgan fingerprint density at radius 2 is 1.80 bits per heavy atom. The Kier molecular flexibility index (Phi) is 3.88. The summed E-state index contributed by atoms with van der Waals surface area (Å²) in [7, 11) is 0. The van der Waals surface area contributed by atoms with E-state index in [-0.39, 0.29) is 6.10 Å². The molecule has 0 amide bonds. The molecule has 2 N–H and O–H groups in total. The first-order valence-corrected chi connectivity index (χ1v) is 7.39. The third-order valence-corrected chi connectivity index (χ3v) is 4.24. The molecule has 0 aromatic heterocycles. The first-order valence-electron chi connectivity index (χ1n) is 6.63. The predicted octanol–water partition coefficient (Wildman–Crippen LogP) is 4.31. The van der Waals surface area contributed by atoms with Gasteiger partial charge in [0.2, 0.25) is 0 Å². The Balaban J connectivity index is 2.16. The summed E-state index contributed by atoms with van der Waals surface area (Å²) in [5.74, 6) is 0.865. The van der Waals surface area contributed by atoms with Crippen LogP contribution in [0.4, 0.5) is 0 Å². The van der Waals surface area contributed by atoms with Crippen molar-refractivity contribution in [2.24, 2.45) is 5.73 Å². The minimum Gasteiger partial charge on any atom is -0.488 e. The molecule has 4 heteroatoms. The summed E-state index contributed by atoms with van der Waals surface area (Å²) >= 11 is 12.6. The van der Waals surface area contributed by atoms with E-state index in [0.717, 1.165) is 29.7 Å². The fraction of sp³-hybridized carbons (Fsp3) is 0.250. The molecule has 0 spiro atoms. The van der Waals surface area contributed by atoms with Crippen LogP contribution in [-0.4, -0.2) is 12.6 Å². The van der Waals surface area contributed by atoms with Crippen LogP contribution in [0.2, 0.25) is 10.0 Å². The molecule has 0 saturated carbocycles. The zero-order valence-corrected chi connectivity index (χ0v) is 12.4. The average Bonchev–Trinajstić information content (AvgIpc) is 2.47. The number of fused-ring (bicyclic) bond motifs is 1. The van der Waals surface area contributed by atoms with E-state index in [1.165, 1.54) is 5.56 Å². The van der Waals surface area contributed by atoms with E-state index in [1.54, 1.807) is 0 Å². The SMILES string of the molecule is NCC1CCc2cccc(-c3c(Cl)cccc3Cl)c2O1. The van der Waals surface area contributed by atoms with Crippen molar-refractivity contribution >= 4 is 23.2 Å². The van der Waals surface area contributed by atoms with Crippen molar-refractivity contribution < 1.29 is 4.74 Å². The van der Waals surface area contributed by atoms with Crippen molar-refractivity contribution in [3.63, 3.8) is 0 Å². The number of benzene rings is 2. The van der Waals surface area contributed by atoms with Crippen molar-refractivity contribution in [1.82, 2.24) is 0 Å². The Morgan fingerprint density at radius 1 is 1.10 bits per heavy atom. The molecule has 104 valence electrons. The lowest BCUT2D eigenvalue weighted by Crippen LogP contribution is -2.30. The molecule has 0 fully saturated rings. The van der Waals surface area contributed by atoms with Gasteiger partial charge in [-0.1, -0.05) is 47.5 Å². The third kappa shape index (κ3) is 2.39. The van der Waals surface area contributed by atoms with E-state index in [4.69, 9.17) is 33.7 Å². The predicted molar refractivity (Wildman–Crippen MR) is 83.7 cm³/mol. The van der Waals surface area contributed by atoms with Crippen LogP contribution in [0.25, 0.3) is 11.1 Å². The summed E-state index contributed by atoms with van der Waals surface area (Å²) in [5.41, 5.74) is 8.68. The normalized spacial score (nSPS) is 17.4. The molecule has 1 unspecified atom stereocenters. The minimum absolute atomic E-state index is 0.0601. The summed E-state index contributed by atoms with van der Waals surface area (Å²) in [4.78, 5) is 0. The zero-order valence-electron chi connectivity index (χ0n) is 10.9. The van der Waals surface area contributed by atoms with Gasteiger partial charge in [0.25, 0.3) is 0 Å². The Morgan fingerprint density at radius 3 is 2.50 bits per heavy atom. The van der Waals surface area contributed by atoms with Gasteiger partial charge in [0.1, 0.15) is 11.9 Å². The molecule has 1 aliphatic heterocycles. The van der Waals surface area contributed by atoms with Crippen LogP contribution < -0.4 is 10.5 Å². The van der Waals surface area contributed by atoms with Crippen LogP contribution >= 0.6 is 23.2 Å². The molecular weight excluding hydrogens is 293 g/mol. The fourth-order valence-electron chi connectivity index (χ4n) is 2.58. The molecule has 1 heterocycles. The van der Waals surface area contributed by atoms with Crippen molar-refractivity contribution in [3.8, 4) is 16.9 Å². The van der Waals surface area contributed by atoms with Crippen LogP contribution in [0.1, 0.15) is 12.0 Å². The van der Waals surface area contributed by atoms with E-state index < -0.39 is 0 Å². The first kappa shape index (κ1) is 13.7. The number of hydrogen-bond donors (Lipinski definition) is 1. The van der Waals surface area contributed by atoms with Gasteiger partial charge in [-0.05, 0) is 30.5 Å². The number of nitrogens with two attached hydrogens (primary N) is 1. The Bertz CT molecular complexity index is 622. The number of hydrogen-bond acceptors (Lipinski definition) is 2. The van der Waals surface area contributed by atoms with Crippen LogP contribution in [0.15, 0.2) is 36.4 Å². The highest BCUT2D eigenvalue weighted by atomic mass is 35.5. The second-order valence-corrected chi connectivity index (χ2v) is 5.72. The molecule has 0 aliphatic carbocycles. The summed E-state index contributed by atoms with van der Waals surface area (Å²) in [5, 5.41) is 1.26. The maximum absolute atomic E-state index is 6.31. The van der Waals surface area contributed by atoms with Gasteiger partial charge in [0.15, 0.2) is 0 Å². The van der Waals surface area contributed by atoms with E-state index in [9.17, 15) is 0 Å². The van der Waals surface area contributed by atoms with Crippen LogP contribution in [0.5, 0.6) is 5.75 Å². The van der Waals surface area contributed by atoms with E-state index in [0.29, 0.717) is 16.6 Å². The molecule has 2 aromatic rings. The van der Waals surface area contributed by atoms with Crippen LogP contribution in [0, 0.1) is 0 Å². The number of para-hydroxylation sites is 1. The summed E-state index contributed by atoms with van der Waals surface area (Å²) in [6.07, 6.45) is 1.97. The van der Waals surface area contributed by atoms with Crippen molar-refractivity contribution in [3.05, 3.63) is 52.0 Å². The summed E-state index contributed by atoms with van der Waals surface area (Å²) in [6.45, 7) is 0.518. The van der Waals surface area contributed by atoms with Gasteiger partial charge in [-0.25, -0.2) is 0 Å². The zero-order chi connectivity index (χ0) is 14.1. The molecule has 3 rings (SSSR count). The smallest absolute Gasteiger partial charge is 0.130 e. The molecule has 2 nitrogen and oxygen atoms in total. The number of rotatable bonds is 2. The fourth-order valence-corrected chi connectivity index (χ4v) is 3.18. The molecular formula is C16H15Cl2NO. The van der Waals surface area contributed by atoms with Gasteiger partial charge < -0.3 is 10.5 Å². The van der Waals surface area contributed by atoms with Crippen molar-refractivity contribution in [2.75, 3.05) is 6.54 Å². The maximum Gasteiger partial charge on any atom is 0.130 e. The molecule has 0 bridgehead atoms. The lowest BCUT2D eigenvalue weighted by molar-refractivity contribution is 0.182. The monoisotopic (exact) mass is 307 g/mol. The topological polar surface area (TPSA) is 35.2 Å². The quantitative estimate of drug-likeness (QED) is 0.897. The molecule has 1 atom stereocenters. The first-order chi connectivity index (χ1) is 9.70. The lowest BCUT2D eigenvalue weighted by atomic mass is 9.95. The van der Waals surface area contributed by atoms with Crippen molar-refractivity contribution in [1.29, 1.82) is 0 Å². The molecule has 2 aromatic carbocycles. The number of halogens is 2. The van der Waals surface area contributed by atoms with Crippen LogP contribution in [-0.2, 0) is 6.42 Å². The number of aryl methyl sites for hydroxylation is 1. The standard InChI is InChI=1S/C16H15Cl2NO/c17-13-5-2-6-14(18)15(13)12-4-1-3-10-7-8-11(9-19)20-16(10)12/h1-6,11H,7-9,19H2. The molecule has 20 heavy (non-hydrogen) atoms.